The van der Waals surface area contributed by atoms with Crippen molar-refractivity contribution in [1.29, 1.82) is 0 Å². The minimum Gasteiger partial charge on any atom is -0.497 e. The van der Waals surface area contributed by atoms with E-state index in [9.17, 15) is 4.79 Å². The largest absolute Gasteiger partial charge is 0.497 e. The number of carbonyl (C=O) groups is 1. The molecule has 0 saturated heterocycles. The van der Waals surface area contributed by atoms with Crippen molar-refractivity contribution in [2.75, 3.05) is 19.5 Å². The average Bonchev–Trinajstić information content (AvgIpc) is 2.79. The minimum atomic E-state index is -0.301. The van der Waals surface area contributed by atoms with Gasteiger partial charge in [0.25, 0.3) is 5.91 Å². The van der Waals surface area contributed by atoms with Crippen LogP contribution in [0, 0.1) is 0 Å². The number of hydrogen-bond donors (Lipinski definition) is 1. The summed E-state index contributed by atoms with van der Waals surface area (Å²) in [5.41, 5.74) is 3.86. The van der Waals surface area contributed by atoms with Crippen LogP contribution in [-0.2, 0) is 0 Å². The highest BCUT2D eigenvalue weighted by atomic mass is 35.5. The molecule has 0 radical (unpaired) electrons. The second kappa shape index (κ2) is 8.39. The lowest BCUT2D eigenvalue weighted by Gasteiger charge is -2.11. The quantitative estimate of drug-likeness (QED) is 0.480. The summed E-state index contributed by atoms with van der Waals surface area (Å²) < 4.78 is 10.5. The number of fused-ring (bicyclic) bond motifs is 1. The van der Waals surface area contributed by atoms with Gasteiger partial charge < -0.3 is 14.8 Å². The van der Waals surface area contributed by atoms with Gasteiger partial charge in [0, 0.05) is 22.9 Å². The number of nitrogens with one attached hydrogen (secondary N) is 1. The van der Waals surface area contributed by atoms with Gasteiger partial charge in [0.15, 0.2) is 0 Å². The smallest absolute Gasteiger partial charge is 0.255 e. The van der Waals surface area contributed by atoms with Gasteiger partial charge in [-0.25, -0.2) is 4.98 Å². The van der Waals surface area contributed by atoms with Crippen molar-refractivity contribution < 1.29 is 14.3 Å². The lowest BCUT2D eigenvalue weighted by molar-refractivity contribution is 0.102. The standard InChI is InChI=1S/C23H18ClN3O3/c1-29-16-9-14(10-17(12-16)30-2)23(28)26-15-7-8-19(24)18(11-15)22-13-25-20-5-3-4-6-21(20)27-22/h3-13H,1-2H3,(H,26,28). The summed E-state index contributed by atoms with van der Waals surface area (Å²) in [6.45, 7) is 0. The first-order valence-electron chi connectivity index (χ1n) is 9.13. The van der Waals surface area contributed by atoms with Gasteiger partial charge in [-0.1, -0.05) is 23.7 Å². The number of methoxy groups -OCH3 is 2. The van der Waals surface area contributed by atoms with E-state index >= 15 is 0 Å². The predicted octanol–water partition coefficient (Wildman–Crippen LogP) is 5.22. The third-order valence-electron chi connectivity index (χ3n) is 4.56. The van der Waals surface area contributed by atoms with Crippen molar-refractivity contribution in [2.24, 2.45) is 0 Å². The number of ether oxygens (including phenoxy) is 2. The van der Waals surface area contributed by atoms with E-state index in [-0.39, 0.29) is 5.91 Å². The Morgan fingerprint density at radius 2 is 1.63 bits per heavy atom. The molecule has 4 rings (SSSR count). The molecule has 1 amide bonds. The van der Waals surface area contributed by atoms with Crippen molar-refractivity contribution >= 4 is 34.2 Å². The van der Waals surface area contributed by atoms with Crippen LogP contribution in [-0.4, -0.2) is 30.1 Å². The van der Waals surface area contributed by atoms with E-state index in [2.05, 4.69) is 15.3 Å². The topological polar surface area (TPSA) is 73.3 Å². The number of anilines is 1. The van der Waals surface area contributed by atoms with Gasteiger partial charge in [0.2, 0.25) is 0 Å². The van der Waals surface area contributed by atoms with E-state index in [4.69, 9.17) is 21.1 Å². The van der Waals surface area contributed by atoms with Crippen molar-refractivity contribution in [1.82, 2.24) is 9.97 Å². The molecular formula is C23H18ClN3O3. The Morgan fingerprint density at radius 1 is 0.933 bits per heavy atom. The van der Waals surface area contributed by atoms with Crippen LogP contribution in [0.2, 0.25) is 5.02 Å². The van der Waals surface area contributed by atoms with E-state index in [1.807, 2.05) is 24.3 Å². The molecule has 0 bridgehead atoms. The Labute approximate surface area is 178 Å². The highest BCUT2D eigenvalue weighted by Gasteiger charge is 2.13. The number of amides is 1. The van der Waals surface area contributed by atoms with Crippen LogP contribution in [0.3, 0.4) is 0 Å². The van der Waals surface area contributed by atoms with Crippen LogP contribution < -0.4 is 14.8 Å². The maximum absolute atomic E-state index is 12.8. The third-order valence-corrected chi connectivity index (χ3v) is 4.89. The summed E-state index contributed by atoms with van der Waals surface area (Å²) in [5, 5.41) is 3.39. The highest BCUT2D eigenvalue weighted by Crippen LogP contribution is 2.30. The molecule has 0 fully saturated rings. The predicted molar refractivity (Wildman–Crippen MR) is 117 cm³/mol. The Hall–Kier alpha value is -3.64. The molecule has 0 saturated carbocycles. The number of halogens is 1. The SMILES string of the molecule is COc1cc(OC)cc(C(=O)Nc2ccc(Cl)c(-c3cnc4ccccc4n3)c2)c1. The van der Waals surface area contributed by atoms with Gasteiger partial charge in [-0.3, -0.25) is 9.78 Å². The molecule has 0 aliphatic rings. The van der Waals surface area contributed by atoms with Gasteiger partial charge in [-0.05, 0) is 42.5 Å². The number of aromatic nitrogens is 2. The van der Waals surface area contributed by atoms with E-state index < -0.39 is 0 Å². The van der Waals surface area contributed by atoms with E-state index in [0.717, 1.165) is 11.0 Å². The van der Waals surface area contributed by atoms with Gasteiger partial charge in [0.1, 0.15) is 11.5 Å². The zero-order chi connectivity index (χ0) is 21.1. The van der Waals surface area contributed by atoms with Crippen LogP contribution in [0.25, 0.3) is 22.3 Å². The molecule has 6 nitrogen and oxygen atoms in total. The molecule has 1 aromatic heterocycles. The number of rotatable bonds is 5. The zero-order valence-corrected chi connectivity index (χ0v) is 17.1. The summed E-state index contributed by atoms with van der Waals surface area (Å²) in [6, 6.07) is 17.8. The van der Waals surface area contributed by atoms with Crippen LogP contribution in [0.5, 0.6) is 11.5 Å². The van der Waals surface area contributed by atoms with Crippen molar-refractivity contribution in [3.63, 3.8) is 0 Å². The molecule has 7 heteroatoms. The number of hydrogen-bond acceptors (Lipinski definition) is 5. The number of para-hydroxylation sites is 2. The lowest BCUT2D eigenvalue weighted by Crippen LogP contribution is -2.12. The van der Waals surface area contributed by atoms with Gasteiger partial charge in [-0.2, -0.15) is 0 Å². The fourth-order valence-corrected chi connectivity index (χ4v) is 3.24. The van der Waals surface area contributed by atoms with Crippen LogP contribution >= 0.6 is 11.6 Å². The molecule has 3 aromatic carbocycles. The Morgan fingerprint density at radius 3 is 2.33 bits per heavy atom. The minimum absolute atomic E-state index is 0.301. The molecule has 1 heterocycles. The normalized spacial score (nSPS) is 10.6. The Balaban J connectivity index is 1.65. The Bertz CT molecular complexity index is 1220. The van der Waals surface area contributed by atoms with Crippen molar-refractivity contribution in [3.05, 3.63) is 77.4 Å². The van der Waals surface area contributed by atoms with E-state index in [1.165, 1.54) is 14.2 Å². The summed E-state index contributed by atoms with van der Waals surface area (Å²) in [4.78, 5) is 21.9. The molecule has 0 aliphatic heterocycles. The second-order valence-corrected chi connectivity index (χ2v) is 6.90. The Kier molecular flexibility index (Phi) is 5.50. The van der Waals surface area contributed by atoms with Crippen LogP contribution in [0.15, 0.2) is 66.9 Å². The third kappa shape index (κ3) is 4.04. The first-order chi connectivity index (χ1) is 14.6. The molecule has 30 heavy (non-hydrogen) atoms. The zero-order valence-electron chi connectivity index (χ0n) is 16.3. The molecule has 0 unspecified atom stereocenters. The fraction of sp³-hybridized carbons (Fsp3) is 0.0870. The number of benzene rings is 3. The van der Waals surface area contributed by atoms with Crippen molar-refractivity contribution in [3.8, 4) is 22.8 Å². The lowest BCUT2D eigenvalue weighted by atomic mass is 10.1. The summed E-state index contributed by atoms with van der Waals surface area (Å²) in [5.74, 6) is 0.760. The monoisotopic (exact) mass is 419 g/mol. The van der Waals surface area contributed by atoms with Gasteiger partial charge in [0.05, 0.1) is 42.2 Å². The molecular weight excluding hydrogens is 402 g/mol. The van der Waals surface area contributed by atoms with E-state index in [0.29, 0.717) is 39.0 Å². The van der Waals surface area contributed by atoms with Crippen LogP contribution in [0.4, 0.5) is 5.69 Å². The summed E-state index contributed by atoms with van der Waals surface area (Å²) in [6.07, 6.45) is 1.67. The molecule has 0 atom stereocenters. The van der Waals surface area contributed by atoms with E-state index in [1.54, 1.807) is 42.6 Å². The maximum Gasteiger partial charge on any atom is 0.255 e. The molecule has 0 aliphatic carbocycles. The van der Waals surface area contributed by atoms with Gasteiger partial charge >= 0.3 is 0 Å². The molecule has 0 spiro atoms. The van der Waals surface area contributed by atoms with Crippen molar-refractivity contribution in [2.45, 2.75) is 0 Å². The highest BCUT2D eigenvalue weighted by molar-refractivity contribution is 6.33. The summed E-state index contributed by atoms with van der Waals surface area (Å²) in [7, 11) is 3.07. The summed E-state index contributed by atoms with van der Waals surface area (Å²) >= 11 is 6.40. The number of nitrogens with zero attached hydrogens (tertiary/aromatic N) is 2. The van der Waals surface area contributed by atoms with Crippen LogP contribution in [0.1, 0.15) is 10.4 Å². The molecule has 1 N–H and O–H groups in total. The first kappa shape index (κ1) is 19.7. The first-order valence-corrected chi connectivity index (χ1v) is 9.51. The fourth-order valence-electron chi connectivity index (χ4n) is 3.03. The number of carbonyl (C=O) groups excluding carboxylic acids is 1. The average molecular weight is 420 g/mol. The molecule has 4 aromatic rings. The second-order valence-electron chi connectivity index (χ2n) is 6.49. The molecule has 150 valence electrons. The maximum atomic E-state index is 12.8. The van der Waals surface area contributed by atoms with Gasteiger partial charge in [-0.15, -0.1) is 0 Å².